The maximum absolute atomic E-state index is 13.3. The average molecular weight is 283 g/mol. The Morgan fingerprint density at radius 2 is 2.21 bits per heavy atom. The Bertz CT molecular complexity index is 582. The molecule has 1 aromatic carbocycles. The van der Waals surface area contributed by atoms with Crippen molar-refractivity contribution in [3.63, 3.8) is 0 Å². The third-order valence-electron chi connectivity index (χ3n) is 3.03. The van der Waals surface area contributed by atoms with Crippen molar-refractivity contribution in [2.24, 2.45) is 12.9 Å². The van der Waals surface area contributed by atoms with Crippen LogP contribution >= 0.6 is 11.6 Å². The molecule has 0 aliphatic carbocycles. The van der Waals surface area contributed by atoms with Gasteiger partial charge in [-0.3, -0.25) is 16.0 Å². The zero-order valence-electron chi connectivity index (χ0n) is 10.8. The van der Waals surface area contributed by atoms with Crippen molar-refractivity contribution in [2.75, 3.05) is 0 Å². The van der Waals surface area contributed by atoms with Crippen LogP contribution in [-0.2, 0) is 13.5 Å². The highest BCUT2D eigenvalue weighted by atomic mass is 35.5. The normalized spacial score (nSPS) is 12.7. The van der Waals surface area contributed by atoms with Gasteiger partial charge in [-0.15, -0.1) is 0 Å². The van der Waals surface area contributed by atoms with Gasteiger partial charge < -0.3 is 0 Å². The van der Waals surface area contributed by atoms with E-state index in [2.05, 4.69) is 10.5 Å². The van der Waals surface area contributed by atoms with Gasteiger partial charge >= 0.3 is 0 Å². The summed E-state index contributed by atoms with van der Waals surface area (Å²) in [6, 6.07) is 6.08. The highest BCUT2D eigenvalue weighted by Crippen LogP contribution is 2.24. The summed E-state index contributed by atoms with van der Waals surface area (Å²) in [4.78, 5) is 0. The maximum atomic E-state index is 13.3. The Morgan fingerprint density at radius 3 is 2.79 bits per heavy atom. The van der Waals surface area contributed by atoms with Crippen LogP contribution in [0.2, 0.25) is 5.02 Å². The van der Waals surface area contributed by atoms with Crippen molar-refractivity contribution < 1.29 is 4.39 Å². The van der Waals surface area contributed by atoms with Gasteiger partial charge in [-0.05, 0) is 43.2 Å². The van der Waals surface area contributed by atoms with E-state index in [-0.39, 0.29) is 11.9 Å². The number of halogens is 2. The zero-order chi connectivity index (χ0) is 14.0. The monoisotopic (exact) mass is 282 g/mol. The number of benzene rings is 1. The lowest BCUT2D eigenvalue weighted by Crippen LogP contribution is -2.31. The Hall–Kier alpha value is -1.43. The molecular formula is C13H16ClFN4. The van der Waals surface area contributed by atoms with Crippen LogP contribution in [0.4, 0.5) is 4.39 Å². The number of nitrogens with zero attached hydrogens (tertiary/aromatic N) is 2. The molecule has 4 nitrogen and oxygen atoms in total. The molecule has 19 heavy (non-hydrogen) atoms. The molecule has 1 unspecified atom stereocenters. The predicted octanol–water partition coefficient (Wildman–Crippen LogP) is 2.27. The third-order valence-corrected chi connectivity index (χ3v) is 3.40. The molecule has 6 heteroatoms. The van der Waals surface area contributed by atoms with E-state index in [1.54, 1.807) is 10.7 Å². The van der Waals surface area contributed by atoms with Crippen LogP contribution in [0, 0.1) is 12.7 Å². The summed E-state index contributed by atoms with van der Waals surface area (Å²) in [5.74, 6) is 5.28. The Kier molecular flexibility index (Phi) is 4.19. The van der Waals surface area contributed by atoms with Gasteiger partial charge in [0.05, 0.1) is 17.4 Å². The van der Waals surface area contributed by atoms with E-state index >= 15 is 0 Å². The minimum absolute atomic E-state index is 0.175. The first-order chi connectivity index (χ1) is 9.01. The standard InChI is InChI=1S/C13H16ClFN4/c1-8-5-13(19(2)18-8)12(17-16)7-9-6-10(15)3-4-11(9)14/h3-6,12,17H,7,16H2,1-2H3. The molecule has 3 N–H and O–H groups in total. The number of hydrogen-bond donors (Lipinski definition) is 2. The lowest BCUT2D eigenvalue weighted by atomic mass is 10.0. The second-order valence-electron chi connectivity index (χ2n) is 4.49. The van der Waals surface area contributed by atoms with E-state index in [0.29, 0.717) is 17.0 Å². The van der Waals surface area contributed by atoms with E-state index in [9.17, 15) is 4.39 Å². The number of nitrogens with two attached hydrogens (primary N) is 1. The largest absolute Gasteiger partial charge is 0.271 e. The highest BCUT2D eigenvalue weighted by molar-refractivity contribution is 6.31. The molecule has 2 aromatic rings. The summed E-state index contributed by atoms with van der Waals surface area (Å²) in [5.41, 5.74) is 5.27. The van der Waals surface area contributed by atoms with Gasteiger partial charge in [-0.25, -0.2) is 4.39 Å². The number of aryl methyl sites for hydroxylation is 2. The van der Waals surface area contributed by atoms with E-state index in [0.717, 1.165) is 11.4 Å². The van der Waals surface area contributed by atoms with Crippen LogP contribution in [0.25, 0.3) is 0 Å². The molecule has 0 aliphatic rings. The number of hydrazine groups is 1. The molecule has 0 saturated carbocycles. The quantitative estimate of drug-likeness (QED) is 0.668. The van der Waals surface area contributed by atoms with Crippen molar-refractivity contribution >= 4 is 11.6 Å². The van der Waals surface area contributed by atoms with Crippen LogP contribution in [0.15, 0.2) is 24.3 Å². The van der Waals surface area contributed by atoms with Gasteiger partial charge in [0.15, 0.2) is 0 Å². The first-order valence-corrected chi connectivity index (χ1v) is 6.29. The summed E-state index contributed by atoms with van der Waals surface area (Å²) in [7, 11) is 1.85. The fourth-order valence-corrected chi connectivity index (χ4v) is 2.32. The molecule has 1 aromatic heterocycles. The summed E-state index contributed by atoms with van der Waals surface area (Å²) in [6.45, 7) is 1.91. The van der Waals surface area contributed by atoms with Gasteiger partial charge in [0.1, 0.15) is 5.82 Å². The van der Waals surface area contributed by atoms with Gasteiger partial charge in [-0.2, -0.15) is 5.10 Å². The van der Waals surface area contributed by atoms with E-state index < -0.39 is 0 Å². The molecule has 0 fully saturated rings. The van der Waals surface area contributed by atoms with E-state index in [1.165, 1.54) is 12.1 Å². The molecule has 0 aliphatic heterocycles. The smallest absolute Gasteiger partial charge is 0.123 e. The lowest BCUT2D eigenvalue weighted by molar-refractivity contribution is 0.507. The molecule has 0 radical (unpaired) electrons. The number of aromatic nitrogens is 2. The fourth-order valence-electron chi connectivity index (χ4n) is 2.13. The van der Waals surface area contributed by atoms with Gasteiger partial charge in [0, 0.05) is 12.1 Å². The SMILES string of the molecule is Cc1cc(C(Cc2cc(F)ccc2Cl)NN)n(C)n1. The van der Waals surface area contributed by atoms with Gasteiger partial charge in [0.2, 0.25) is 0 Å². The van der Waals surface area contributed by atoms with E-state index in [1.807, 2.05) is 20.0 Å². The maximum Gasteiger partial charge on any atom is 0.123 e. The lowest BCUT2D eigenvalue weighted by Gasteiger charge is -2.17. The van der Waals surface area contributed by atoms with E-state index in [4.69, 9.17) is 17.4 Å². The average Bonchev–Trinajstić information content (AvgIpc) is 2.69. The molecule has 0 amide bonds. The predicted molar refractivity (Wildman–Crippen MR) is 73.1 cm³/mol. The molecule has 0 spiro atoms. The second-order valence-corrected chi connectivity index (χ2v) is 4.90. The fraction of sp³-hybridized carbons (Fsp3) is 0.308. The van der Waals surface area contributed by atoms with Crippen LogP contribution in [0.3, 0.4) is 0 Å². The molecular weight excluding hydrogens is 267 g/mol. The number of rotatable bonds is 4. The molecule has 102 valence electrons. The van der Waals surface area contributed by atoms with Crippen molar-refractivity contribution in [3.05, 3.63) is 52.1 Å². The number of hydrogen-bond acceptors (Lipinski definition) is 3. The Balaban J connectivity index is 2.29. The van der Waals surface area contributed by atoms with Crippen molar-refractivity contribution in [1.82, 2.24) is 15.2 Å². The molecule has 0 bridgehead atoms. The topological polar surface area (TPSA) is 55.9 Å². The first-order valence-electron chi connectivity index (χ1n) is 5.92. The van der Waals surface area contributed by atoms with Crippen LogP contribution in [0.5, 0.6) is 0 Å². The van der Waals surface area contributed by atoms with Crippen LogP contribution in [-0.4, -0.2) is 9.78 Å². The molecule has 2 rings (SSSR count). The molecule has 0 saturated heterocycles. The zero-order valence-corrected chi connectivity index (χ0v) is 11.6. The second kappa shape index (κ2) is 5.69. The summed E-state index contributed by atoms with van der Waals surface area (Å²) in [6.07, 6.45) is 0.492. The minimum atomic E-state index is -0.309. The minimum Gasteiger partial charge on any atom is -0.271 e. The van der Waals surface area contributed by atoms with Crippen molar-refractivity contribution in [3.8, 4) is 0 Å². The van der Waals surface area contributed by atoms with Crippen LogP contribution < -0.4 is 11.3 Å². The first kappa shape index (κ1) is 14.0. The Morgan fingerprint density at radius 1 is 1.47 bits per heavy atom. The number of nitrogens with one attached hydrogen (secondary N) is 1. The summed E-state index contributed by atoms with van der Waals surface area (Å²) in [5, 5.41) is 4.80. The Labute approximate surface area is 116 Å². The summed E-state index contributed by atoms with van der Waals surface area (Å²) < 4.78 is 15.0. The third kappa shape index (κ3) is 3.12. The van der Waals surface area contributed by atoms with Gasteiger partial charge in [-0.1, -0.05) is 11.6 Å². The summed E-state index contributed by atoms with van der Waals surface area (Å²) >= 11 is 6.07. The highest BCUT2D eigenvalue weighted by Gasteiger charge is 2.17. The van der Waals surface area contributed by atoms with Crippen molar-refractivity contribution in [1.29, 1.82) is 0 Å². The molecule has 1 heterocycles. The van der Waals surface area contributed by atoms with Crippen molar-refractivity contribution in [2.45, 2.75) is 19.4 Å². The van der Waals surface area contributed by atoms with Crippen LogP contribution in [0.1, 0.15) is 23.0 Å². The van der Waals surface area contributed by atoms with Gasteiger partial charge in [0.25, 0.3) is 0 Å². The molecule has 1 atom stereocenters.